The minimum Gasteiger partial charge on any atom is -0.477 e. The van der Waals surface area contributed by atoms with Gasteiger partial charge in [0, 0.05) is 50.0 Å². The Bertz CT molecular complexity index is 651. The molecule has 0 amide bonds. The van der Waals surface area contributed by atoms with Crippen molar-refractivity contribution < 1.29 is 9.90 Å². The van der Waals surface area contributed by atoms with Gasteiger partial charge in [0.15, 0.2) is 0 Å². The topological polar surface area (TPSA) is 69.6 Å². The van der Waals surface area contributed by atoms with Gasteiger partial charge >= 0.3 is 5.97 Å². The molecule has 0 aromatic carbocycles. The Hall–Kier alpha value is -1.99. The van der Waals surface area contributed by atoms with Crippen molar-refractivity contribution in [1.82, 2.24) is 14.9 Å². The first kappa shape index (κ1) is 14.9. The van der Waals surface area contributed by atoms with Crippen LogP contribution < -0.4 is 4.90 Å². The summed E-state index contributed by atoms with van der Waals surface area (Å²) in [6.45, 7) is 6.50. The van der Waals surface area contributed by atoms with Crippen molar-refractivity contribution in [2.75, 3.05) is 31.1 Å². The van der Waals surface area contributed by atoms with E-state index in [1.54, 1.807) is 24.7 Å². The van der Waals surface area contributed by atoms with Crippen LogP contribution in [0.25, 0.3) is 0 Å². The van der Waals surface area contributed by atoms with Gasteiger partial charge in [-0.25, -0.2) is 9.78 Å². The second-order valence-electron chi connectivity index (χ2n) is 5.32. The van der Waals surface area contributed by atoms with E-state index in [9.17, 15) is 4.79 Å². The number of thiophene rings is 1. The van der Waals surface area contributed by atoms with Crippen LogP contribution in [-0.4, -0.2) is 52.1 Å². The molecule has 0 atom stereocenters. The van der Waals surface area contributed by atoms with E-state index in [0.717, 1.165) is 49.0 Å². The highest BCUT2D eigenvalue weighted by molar-refractivity contribution is 7.14. The van der Waals surface area contributed by atoms with Crippen LogP contribution in [0.4, 0.5) is 5.82 Å². The van der Waals surface area contributed by atoms with Gasteiger partial charge in [-0.15, -0.1) is 11.3 Å². The highest BCUT2D eigenvalue weighted by Gasteiger charge is 2.20. The first-order chi connectivity index (χ1) is 10.6. The third-order valence-corrected chi connectivity index (χ3v) is 4.95. The normalized spacial score (nSPS) is 16.0. The number of carboxylic acid groups (broad SMARTS) is 1. The summed E-state index contributed by atoms with van der Waals surface area (Å²) >= 11 is 1.35. The molecule has 2 aromatic rings. The van der Waals surface area contributed by atoms with Crippen molar-refractivity contribution in [3.63, 3.8) is 0 Å². The van der Waals surface area contributed by atoms with Gasteiger partial charge in [0.05, 0.1) is 6.20 Å². The first-order valence-electron chi connectivity index (χ1n) is 7.19. The number of aromatic carboxylic acids is 1. The zero-order chi connectivity index (χ0) is 15.5. The van der Waals surface area contributed by atoms with E-state index in [2.05, 4.69) is 19.8 Å². The molecular formula is C15H18N4O2S. The monoisotopic (exact) mass is 318 g/mol. The Morgan fingerprint density at radius 1 is 1.32 bits per heavy atom. The number of anilines is 1. The van der Waals surface area contributed by atoms with E-state index < -0.39 is 5.97 Å². The summed E-state index contributed by atoms with van der Waals surface area (Å²) < 4.78 is 0. The summed E-state index contributed by atoms with van der Waals surface area (Å²) in [6.07, 6.45) is 5.18. The average Bonchev–Trinajstić information content (AvgIpc) is 2.90. The summed E-state index contributed by atoms with van der Waals surface area (Å²) in [6, 6.07) is 1.80. The molecule has 0 radical (unpaired) electrons. The second-order valence-corrected chi connectivity index (χ2v) is 6.58. The minimum atomic E-state index is -0.841. The molecule has 2 aromatic heterocycles. The van der Waals surface area contributed by atoms with Crippen LogP contribution in [0, 0.1) is 6.92 Å². The molecule has 0 spiro atoms. The Kier molecular flexibility index (Phi) is 4.35. The van der Waals surface area contributed by atoms with Crippen molar-refractivity contribution in [2.45, 2.75) is 13.5 Å². The summed E-state index contributed by atoms with van der Waals surface area (Å²) in [7, 11) is 0. The maximum atomic E-state index is 11.0. The van der Waals surface area contributed by atoms with Gasteiger partial charge in [-0.1, -0.05) is 0 Å². The average molecular weight is 318 g/mol. The van der Waals surface area contributed by atoms with Crippen LogP contribution in [0.3, 0.4) is 0 Å². The zero-order valence-electron chi connectivity index (χ0n) is 12.4. The molecule has 22 heavy (non-hydrogen) atoms. The van der Waals surface area contributed by atoms with Gasteiger partial charge in [0.1, 0.15) is 10.7 Å². The standard InChI is InChI=1S/C15H18N4O2S/c1-11-12(8-13(22-11)15(20)21)10-18-4-6-19(7-5-18)14-9-16-2-3-17-14/h2-3,8-9H,4-7,10H2,1H3,(H,20,21). The highest BCUT2D eigenvalue weighted by atomic mass is 32.1. The van der Waals surface area contributed by atoms with Crippen LogP contribution in [0.2, 0.25) is 0 Å². The van der Waals surface area contributed by atoms with E-state index in [-0.39, 0.29) is 0 Å². The number of piperazine rings is 1. The molecule has 0 unspecified atom stereocenters. The number of nitrogens with zero attached hydrogens (tertiary/aromatic N) is 4. The molecule has 1 N–H and O–H groups in total. The van der Waals surface area contributed by atoms with E-state index in [1.807, 2.05) is 6.92 Å². The number of hydrogen-bond acceptors (Lipinski definition) is 6. The molecule has 7 heteroatoms. The molecule has 0 bridgehead atoms. The third-order valence-electron chi connectivity index (χ3n) is 3.87. The predicted octanol–water partition coefficient (Wildman–Crippen LogP) is 1.87. The fourth-order valence-corrected chi connectivity index (χ4v) is 3.49. The summed E-state index contributed by atoms with van der Waals surface area (Å²) in [5.74, 6) is 0.0776. The molecule has 1 aliphatic heterocycles. The van der Waals surface area contributed by atoms with Gasteiger partial charge in [-0.05, 0) is 18.6 Å². The van der Waals surface area contributed by atoms with Crippen LogP contribution in [0.1, 0.15) is 20.1 Å². The van der Waals surface area contributed by atoms with Crippen molar-refractivity contribution in [3.05, 3.63) is 40.0 Å². The molecular weight excluding hydrogens is 300 g/mol. The Morgan fingerprint density at radius 3 is 2.68 bits per heavy atom. The highest BCUT2D eigenvalue weighted by Crippen LogP contribution is 2.23. The molecule has 1 saturated heterocycles. The van der Waals surface area contributed by atoms with Crippen molar-refractivity contribution >= 4 is 23.1 Å². The van der Waals surface area contributed by atoms with Gasteiger partial charge in [0.25, 0.3) is 0 Å². The predicted molar refractivity (Wildman–Crippen MR) is 85.5 cm³/mol. The Balaban J connectivity index is 1.59. The minimum absolute atomic E-state index is 0.422. The maximum Gasteiger partial charge on any atom is 0.345 e. The first-order valence-corrected chi connectivity index (χ1v) is 8.01. The van der Waals surface area contributed by atoms with Crippen molar-refractivity contribution in [1.29, 1.82) is 0 Å². The number of hydrogen-bond donors (Lipinski definition) is 1. The molecule has 0 aliphatic carbocycles. The fourth-order valence-electron chi connectivity index (χ4n) is 2.61. The van der Waals surface area contributed by atoms with E-state index in [4.69, 9.17) is 5.11 Å². The summed E-state index contributed by atoms with van der Waals surface area (Å²) in [4.78, 5) is 25.6. The number of aromatic nitrogens is 2. The quantitative estimate of drug-likeness (QED) is 0.928. The summed E-state index contributed by atoms with van der Waals surface area (Å²) in [5, 5.41) is 9.07. The van der Waals surface area contributed by atoms with Crippen molar-refractivity contribution in [2.24, 2.45) is 0 Å². The van der Waals surface area contributed by atoms with Crippen LogP contribution in [-0.2, 0) is 6.54 Å². The van der Waals surface area contributed by atoms with Crippen LogP contribution in [0.15, 0.2) is 24.7 Å². The zero-order valence-corrected chi connectivity index (χ0v) is 13.2. The van der Waals surface area contributed by atoms with E-state index in [0.29, 0.717) is 4.88 Å². The molecule has 3 heterocycles. The number of rotatable bonds is 4. The van der Waals surface area contributed by atoms with Gasteiger partial charge in [-0.2, -0.15) is 0 Å². The number of aryl methyl sites for hydroxylation is 1. The maximum absolute atomic E-state index is 11.0. The molecule has 1 aliphatic rings. The SMILES string of the molecule is Cc1sc(C(=O)O)cc1CN1CCN(c2cnccn2)CC1. The number of carboxylic acids is 1. The molecule has 6 nitrogen and oxygen atoms in total. The number of carbonyl (C=O) groups is 1. The van der Waals surface area contributed by atoms with E-state index >= 15 is 0 Å². The second kappa shape index (κ2) is 6.41. The molecule has 116 valence electrons. The molecule has 0 saturated carbocycles. The largest absolute Gasteiger partial charge is 0.477 e. The van der Waals surface area contributed by atoms with Crippen molar-refractivity contribution in [3.8, 4) is 0 Å². The third kappa shape index (κ3) is 3.26. The van der Waals surface area contributed by atoms with Gasteiger partial charge in [0.2, 0.25) is 0 Å². The molecule has 3 rings (SSSR count). The van der Waals surface area contributed by atoms with Crippen LogP contribution >= 0.6 is 11.3 Å². The molecule has 1 fully saturated rings. The fraction of sp³-hybridized carbons (Fsp3) is 0.400. The van der Waals surface area contributed by atoms with E-state index in [1.165, 1.54) is 11.3 Å². The lowest BCUT2D eigenvalue weighted by Gasteiger charge is -2.35. The summed E-state index contributed by atoms with van der Waals surface area (Å²) in [5.41, 5.74) is 1.12. The van der Waals surface area contributed by atoms with Crippen LogP contribution in [0.5, 0.6) is 0 Å². The Labute approximate surface area is 133 Å². The van der Waals surface area contributed by atoms with Gasteiger partial charge < -0.3 is 10.0 Å². The lowest BCUT2D eigenvalue weighted by atomic mass is 10.2. The lowest BCUT2D eigenvalue weighted by Crippen LogP contribution is -2.46. The lowest BCUT2D eigenvalue weighted by molar-refractivity contribution is 0.0702. The Morgan fingerprint density at radius 2 is 2.09 bits per heavy atom. The van der Waals surface area contributed by atoms with Gasteiger partial charge in [-0.3, -0.25) is 9.88 Å². The smallest absolute Gasteiger partial charge is 0.345 e.